The molecule has 0 radical (unpaired) electrons. The van der Waals surface area contributed by atoms with Gasteiger partial charge in [-0.3, -0.25) is 9.59 Å². The maximum atomic E-state index is 13.6. The first-order chi connectivity index (χ1) is 15.0. The quantitative estimate of drug-likeness (QED) is 0.537. The number of nitrogens with two attached hydrogens (primary N) is 1. The summed E-state index contributed by atoms with van der Waals surface area (Å²) in [6.45, 7) is 2.16. The van der Waals surface area contributed by atoms with E-state index in [1.165, 1.54) is 11.8 Å². The maximum absolute atomic E-state index is 13.6. The Morgan fingerprint density at radius 2 is 1.90 bits per heavy atom. The zero-order valence-corrected chi connectivity index (χ0v) is 18.4. The molecule has 3 aromatic carbocycles. The molecule has 7 heteroatoms. The molecule has 0 aromatic heterocycles. The second kappa shape index (κ2) is 8.99. The summed E-state index contributed by atoms with van der Waals surface area (Å²) in [5, 5.41) is 8.05. The molecule has 0 bridgehead atoms. The third-order valence-corrected chi connectivity index (χ3v) is 6.86. The van der Waals surface area contributed by atoms with E-state index < -0.39 is 6.04 Å². The van der Waals surface area contributed by atoms with Crippen molar-refractivity contribution in [3.63, 3.8) is 0 Å². The minimum absolute atomic E-state index is 0.138. The fourth-order valence-electron chi connectivity index (χ4n) is 3.75. The maximum Gasteiger partial charge on any atom is 0.250 e. The van der Waals surface area contributed by atoms with Crippen LogP contribution in [0.3, 0.4) is 0 Å². The van der Waals surface area contributed by atoms with Gasteiger partial charge in [0.25, 0.3) is 5.91 Å². The molecule has 0 spiro atoms. The summed E-state index contributed by atoms with van der Waals surface area (Å²) in [5.41, 5.74) is 8.72. The van der Waals surface area contributed by atoms with Crippen molar-refractivity contribution in [2.24, 2.45) is 0 Å². The highest BCUT2D eigenvalue weighted by Crippen LogP contribution is 2.39. The summed E-state index contributed by atoms with van der Waals surface area (Å²) in [5.74, 6) is 0.0841. The Labute approximate surface area is 186 Å². The molecule has 0 saturated heterocycles. The third kappa shape index (κ3) is 4.24. The lowest BCUT2D eigenvalue weighted by Gasteiger charge is -2.27. The molecule has 3 aromatic rings. The molecule has 6 nitrogen and oxygen atoms in total. The van der Waals surface area contributed by atoms with E-state index in [9.17, 15) is 9.59 Å². The van der Waals surface area contributed by atoms with Gasteiger partial charge in [-0.1, -0.05) is 48.5 Å². The lowest BCUT2D eigenvalue weighted by molar-refractivity contribution is -0.128. The molecule has 4 N–H and O–H groups in total. The number of thioether (sulfide) groups is 1. The van der Waals surface area contributed by atoms with Crippen molar-refractivity contribution in [2.45, 2.75) is 30.4 Å². The molecule has 1 aliphatic heterocycles. The van der Waals surface area contributed by atoms with Crippen molar-refractivity contribution in [3.8, 4) is 0 Å². The van der Waals surface area contributed by atoms with Crippen LogP contribution in [0.4, 0.5) is 11.4 Å². The largest absolute Gasteiger partial charge is 0.398 e. The van der Waals surface area contributed by atoms with Crippen LogP contribution in [0.1, 0.15) is 12.5 Å². The van der Waals surface area contributed by atoms with Gasteiger partial charge >= 0.3 is 0 Å². The number of amides is 2. The molecule has 2 amide bonds. The van der Waals surface area contributed by atoms with Gasteiger partial charge in [-0.2, -0.15) is 0 Å². The molecule has 0 fully saturated rings. The smallest absolute Gasteiger partial charge is 0.250 e. The van der Waals surface area contributed by atoms with Crippen molar-refractivity contribution < 1.29 is 9.59 Å². The van der Waals surface area contributed by atoms with Gasteiger partial charge in [-0.25, -0.2) is 0 Å². The first-order valence-electron chi connectivity index (χ1n) is 10.3. The Balaban J connectivity index is 1.74. The van der Waals surface area contributed by atoms with Crippen LogP contribution in [-0.2, 0) is 16.1 Å². The van der Waals surface area contributed by atoms with Crippen LogP contribution in [0.2, 0.25) is 0 Å². The SMILES string of the molecule is CNC(C)C(=O)NC1CSc2c(N)cccc2N(Cc2cccc3ccccc23)C1=O. The Morgan fingerprint density at radius 3 is 2.71 bits per heavy atom. The topological polar surface area (TPSA) is 87.5 Å². The first kappa shape index (κ1) is 21.2. The zero-order chi connectivity index (χ0) is 22.0. The minimum atomic E-state index is -0.643. The molecule has 2 unspecified atom stereocenters. The van der Waals surface area contributed by atoms with Gasteiger partial charge in [-0.05, 0) is 42.4 Å². The number of nitrogens with one attached hydrogen (secondary N) is 2. The number of hydrogen-bond acceptors (Lipinski definition) is 5. The second-order valence-electron chi connectivity index (χ2n) is 7.64. The van der Waals surface area contributed by atoms with E-state index in [0.29, 0.717) is 18.0 Å². The van der Waals surface area contributed by atoms with Crippen molar-refractivity contribution >= 4 is 45.7 Å². The van der Waals surface area contributed by atoms with E-state index in [0.717, 1.165) is 26.9 Å². The average Bonchev–Trinajstić information content (AvgIpc) is 2.91. The number of anilines is 2. The van der Waals surface area contributed by atoms with Crippen LogP contribution >= 0.6 is 11.8 Å². The van der Waals surface area contributed by atoms with Gasteiger partial charge < -0.3 is 21.3 Å². The summed E-state index contributed by atoms with van der Waals surface area (Å²) >= 11 is 1.50. The molecule has 4 rings (SSSR count). The molecule has 2 atom stereocenters. The summed E-state index contributed by atoms with van der Waals surface area (Å²) in [7, 11) is 1.72. The van der Waals surface area contributed by atoms with Gasteiger partial charge in [0.15, 0.2) is 0 Å². The molecule has 0 aliphatic carbocycles. The number of rotatable bonds is 5. The van der Waals surface area contributed by atoms with Crippen LogP contribution in [-0.4, -0.2) is 36.7 Å². The molecule has 1 aliphatic rings. The molecule has 1 heterocycles. The van der Waals surface area contributed by atoms with E-state index in [4.69, 9.17) is 5.73 Å². The highest BCUT2D eigenvalue weighted by molar-refractivity contribution is 7.99. The van der Waals surface area contributed by atoms with E-state index >= 15 is 0 Å². The fourth-order valence-corrected chi connectivity index (χ4v) is 4.87. The molecular weight excluding hydrogens is 408 g/mol. The van der Waals surface area contributed by atoms with E-state index in [2.05, 4.69) is 28.8 Å². The molecule has 0 saturated carbocycles. The number of fused-ring (bicyclic) bond motifs is 2. The normalized spacial score (nSPS) is 17.2. The van der Waals surface area contributed by atoms with Crippen molar-refractivity contribution in [3.05, 3.63) is 66.2 Å². The highest BCUT2D eigenvalue weighted by Gasteiger charge is 2.33. The summed E-state index contributed by atoms with van der Waals surface area (Å²) in [6, 6.07) is 18.8. The lowest BCUT2D eigenvalue weighted by Crippen LogP contribution is -2.53. The van der Waals surface area contributed by atoms with Gasteiger partial charge in [0.1, 0.15) is 6.04 Å². The Hall–Kier alpha value is -3.03. The van der Waals surface area contributed by atoms with Crippen LogP contribution in [0.5, 0.6) is 0 Å². The fraction of sp³-hybridized carbons (Fsp3) is 0.250. The Kier molecular flexibility index (Phi) is 6.15. The number of likely N-dealkylation sites (N-methyl/N-ethyl adjacent to an activating group) is 1. The number of hydrogen-bond donors (Lipinski definition) is 3. The molecule has 160 valence electrons. The van der Waals surface area contributed by atoms with Gasteiger partial charge in [0, 0.05) is 11.4 Å². The Bertz CT molecular complexity index is 1130. The monoisotopic (exact) mass is 434 g/mol. The average molecular weight is 435 g/mol. The first-order valence-corrected chi connectivity index (χ1v) is 11.2. The molecule has 31 heavy (non-hydrogen) atoms. The van der Waals surface area contributed by atoms with Crippen LogP contribution in [0, 0.1) is 0 Å². The summed E-state index contributed by atoms with van der Waals surface area (Å²) < 4.78 is 0. The standard InChI is InChI=1S/C24H26N4O2S/c1-15(26-2)23(29)27-20-14-31-22-19(25)11-6-12-21(22)28(24(20)30)13-17-9-5-8-16-7-3-4-10-18(16)17/h3-12,15,20,26H,13-14,25H2,1-2H3,(H,27,29). The number of nitrogens with zero attached hydrogens (tertiary/aromatic N) is 1. The van der Waals surface area contributed by atoms with Gasteiger partial charge in [0.2, 0.25) is 5.91 Å². The van der Waals surface area contributed by atoms with Crippen molar-refractivity contribution in [1.82, 2.24) is 10.6 Å². The van der Waals surface area contributed by atoms with Crippen molar-refractivity contribution in [2.75, 3.05) is 23.4 Å². The summed E-state index contributed by atoms with van der Waals surface area (Å²) in [6.07, 6.45) is 0. The summed E-state index contributed by atoms with van der Waals surface area (Å²) in [4.78, 5) is 28.8. The van der Waals surface area contributed by atoms with E-state index in [-0.39, 0.29) is 17.9 Å². The van der Waals surface area contributed by atoms with Crippen LogP contribution < -0.4 is 21.3 Å². The number of carbonyl (C=O) groups is 2. The van der Waals surface area contributed by atoms with Crippen LogP contribution in [0.15, 0.2) is 65.6 Å². The van der Waals surface area contributed by atoms with Gasteiger partial charge in [-0.15, -0.1) is 11.8 Å². The second-order valence-corrected chi connectivity index (χ2v) is 8.67. The predicted molar refractivity (Wildman–Crippen MR) is 127 cm³/mol. The predicted octanol–water partition coefficient (Wildman–Crippen LogP) is 3.15. The van der Waals surface area contributed by atoms with Crippen molar-refractivity contribution in [1.29, 1.82) is 0 Å². The highest BCUT2D eigenvalue weighted by atomic mass is 32.2. The molecular formula is C24H26N4O2S. The number of benzene rings is 3. The minimum Gasteiger partial charge on any atom is -0.398 e. The van der Waals surface area contributed by atoms with Gasteiger partial charge in [0.05, 0.1) is 23.2 Å². The van der Waals surface area contributed by atoms with Crippen LogP contribution in [0.25, 0.3) is 10.8 Å². The Morgan fingerprint density at radius 1 is 1.16 bits per heavy atom. The lowest BCUT2D eigenvalue weighted by atomic mass is 10.0. The third-order valence-electron chi connectivity index (χ3n) is 5.63. The number of nitrogen functional groups attached to an aromatic ring is 1. The van der Waals surface area contributed by atoms with E-state index in [1.54, 1.807) is 18.9 Å². The van der Waals surface area contributed by atoms with E-state index in [1.807, 2.05) is 42.5 Å². The number of carbonyl (C=O) groups excluding carboxylic acids is 2. The zero-order valence-electron chi connectivity index (χ0n) is 17.6.